The number of rotatable bonds is 5. The Labute approximate surface area is 112 Å². The van der Waals surface area contributed by atoms with Crippen molar-refractivity contribution < 1.29 is 24.9 Å². The van der Waals surface area contributed by atoms with Crippen LogP contribution in [-0.2, 0) is 4.79 Å². The van der Waals surface area contributed by atoms with Crippen LogP contribution in [0.25, 0.3) is 0 Å². The number of piperidine rings is 1. The molecule has 0 aliphatic carbocycles. The summed E-state index contributed by atoms with van der Waals surface area (Å²) in [7, 11) is 0. The van der Waals surface area contributed by atoms with E-state index in [1.165, 1.54) is 9.80 Å². The van der Waals surface area contributed by atoms with Crippen LogP contribution in [0.5, 0.6) is 0 Å². The molecule has 0 saturated carbocycles. The molecule has 0 radical (unpaired) electrons. The third kappa shape index (κ3) is 3.36. The van der Waals surface area contributed by atoms with Crippen LogP contribution in [0.1, 0.15) is 26.2 Å². The summed E-state index contributed by atoms with van der Waals surface area (Å²) in [6.07, 6.45) is 1.95. The highest BCUT2D eigenvalue weighted by molar-refractivity contribution is 5.86. The van der Waals surface area contributed by atoms with Crippen molar-refractivity contribution in [3.05, 3.63) is 0 Å². The van der Waals surface area contributed by atoms with Crippen molar-refractivity contribution in [3.8, 4) is 0 Å². The second kappa shape index (κ2) is 6.72. The van der Waals surface area contributed by atoms with Gasteiger partial charge in [-0.2, -0.15) is 0 Å². The number of hydrogen-bond donors (Lipinski definition) is 3. The number of aliphatic hydroxyl groups excluding tert-OH is 2. The molecular formula is C12H22N2O5. The minimum atomic E-state index is -1.21. The second-order valence-electron chi connectivity index (χ2n) is 4.90. The van der Waals surface area contributed by atoms with E-state index in [2.05, 4.69) is 0 Å². The van der Waals surface area contributed by atoms with Crippen molar-refractivity contribution in [2.75, 3.05) is 32.8 Å². The Balaban J connectivity index is 2.89. The number of hydrogen-bond acceptors (Lipinski definition) is 4. The second-order valence-corrected chi connectivity index (χ2v) is 4.90. The van der Waals surface area contributed by atoms with Crippen LogP contribution >= 0.6 is 0 Å². The van der Waals surface area contributed by atoms with Gasteiger partial charge >= 0.3 is 12.0 Å². The molecular weight excluding hydrogens is 252 g/mol. The lowest BCUT2D eigenvalue weighted by Gasteiger charge is -2.43. The van der Waals surface area contributed by atoms with Gasteiger partial charge in [0.05, 0.1) is 13.2 Å². The van der Waals surface area contributed by atoms with Crippen LogP contribution in [0.4, 0.5) is 4.79 Å². The summed E-state index contributed by atoms with van der Waals surface area (Å²) in [5.41, 5.74) is -1.21. The summed E-state index contributed by atoms with van der Waals surface area (Å²) in [6.45, 7) is 1.67. The molecule has 1 rings (SSSR count). The summed E-state index contributed by atoms with van der Waals surface area (Å²) < 4.78 is 0. The van der Waals surface area contributed by atoms with Gasteiger partial charge in [0.25, 0.3) is 0 Å². The lowest BCUT2D eigenvalue weighted by molar-refractivity contribution is -0.150. The largest absolute Gasteiger partial charge is 0.480 e. The molecule has 0 bridgehead atoms. The van der Waals surface area contributed by atoms with Crippen LogP contribution in [0.2, 0.25) is 0 Å². The summed E-state index contributed by atoms with van der Waals surface area (Å²) in [4.78, 5) is 26.4. The van der Waals surface area contributed by atoms with Crippen LogP contribution in [0.15, 0.2) is 0 Å². The number of nitrogens with zero attached hydrogens (tertiary/aromatic N) is 2. The summed E-state index contributed by atoms with van der Waals surface area (Å²) in [6, 6.07) is -0.437. The minimum Gasteiger partial charge on any atom is -0.480 e. The van der Waals surface area contributed by atoms with Crippen LogP contribution in [0, 0.1) is 0 Å². The molecule has 1 heterocycles. The quantitative estimate of drug-likeness (QED) is 0.640. The fraction of sp³-hybridized carbons (Fsp3) is 0.833. The van der Waals surface area contributed by atoms with Gasteiger partial charge in [-0.3, -0.25) is 0 Å². The average molecular weight is 274 g/mol. The molecule has 0 aromatic heterocycles. The number of carbonyl (C=O) groups is 2. The molecule has 1 aliphatic heterocycles. The zero-order chi connectivity index (χ0) is 14.5. The van der Waals surface area contributed by atoms with Crippen molar-refractivity contribution in [2.45, 2.75) is 31.7 Å². The first-order valence-corrected chi connectivity index (χ1v) is 6.49. The summed E-state index contributed by atoms with van der Waals surface area (Å²) in [5, 5.41) is 27.2. The Morgan fingerprint density at radius 2 is 1.79 bits per heavy atom. The fourth-order valence-electron chi connectivity index (χ4n) is 2.37. The van der Waals surface area contributed by atoms with Crippen molar-refractivity contribution >= 4 is 12.0 Å². The van der Waals surface area contributed by atoms with E-state index in [4.69, 9.17) is 10.2 Å². The lowest BCUT2D eigenvalue weighted by atomic mass is 9.89. The topological polar surface area (TPSA) is 101 Å². The van der Waals surface area contributed by atoms with Gasteiger partial charge in [0.1, 0.15) is 5.54 Å². The number of amides is 2. The van der Waals surface area contributed by atoms with Crippen molar-refractivity contribution in [2.24, 2.45) is 0 Å². The number of aliphatic hydroxyl groups is 2. The molecule has 2 amide bonds. The van der Waals surface area contributed by atoms with Gasteiger partial charge in [-0.05, 0) is 26.2 Å². The monoisotopic (exact) mass is 274 g/mol. The third-order valence-electron chi connectivity index (χ3n) is 3.59. The van der Waals surface area contributed by atoms with E-state index in [1.54, 1.807) is 6.92 Å². The molecule has 1 atom stereocenters. The van der Waals surface area contributed by atoms with Crippen LogP contribution in [-0.4, -0.2) is 75.5 Å². The first-order chi connectivity index (χ1) is 8.97. The van der Waals surface area contributed by atoms with Gasteiger partial charge in [0.15, 0.2) is 0 Å². The van der Waals surface area contributed by atoms with Gasteiger partial charge in [-0.15, -0.1) is 0 Å². The number of urea groups is 1. The smallest absolute Gasteiger partial charge is 0.329 e. The number of aliphatic carboxylic acids is 1. The van der Waals surface area contributed by atoms with Crippen molar-refractivity contribution in [1.29, 1.82) is 0 Å². The molecule has 7 nitrogen and oxygen atoms in total. The maximum Gasteiger partial charge on any atom is 0.329 e. The van der Waals surface area contributed by atoms with E-state index in [1.807, 2.05) is 0 Å². The zero-order valence-electron chi connectivity index (χ0n) is 11.2. The molecule has 0 spiro atoms. The van der Waals surface area contributed by atoms with Crippen molar-refractivity contribution in [3.63, 3.8) is 0 Å². The molecule has 0 aromatic rings. The van der Waals surface area contributed by atoms with Gasteiger partial charge in [-0.1, -0.05) is 0 Å². The Morgan fingerprint density at radius 1 is 1.21 bits per heavy atom. The highest BCUT2D eigenvalue weighted by atomic mass is 16.4. The van der Waals surface area contributed by atoms with Crippen molar-refractivity contribution in [1.82, 2.24) is 9.80 Å². The van der Waals surface area contributed by atoms with E-state index in [0.29, 0.717) is 13.0 Å². The molecule has 1 aliphatic rings. The van der Waals surface area contributed by atoms with Crippen LogP contribution < -0.4 is 0 Å². The summed E-state index contributed by atoms with van der Waals surface area (Å²) >= 11 is 0. The first-order valence-electron chi connectivity index (χ1n) is 6.49. The Morgan fingerprint density at radius 3 is 2.26 bits per heavy atom. The summed E-state index contributed by atoms with van der Waals surface area (Å²) in [5.74, 6) is -1.02. The standard InChI is InChI=1S/C12H22N2O5/c1-12(10(17)18)4-2-3-5-14(12)11(19)13(6-8-15)7-9-16/h15-16H,2-9H2,1H3,(H,17,18). The lowest BCUT2D eigenvalue weighted by Crippen LogP contribution is -2.61. The molecule has 3 N–H and O–H groups in total. The van der Waals surface area contributed by atoms with Gasteiger partial charge in [0.2, 0.25) is 0 Å². The Hall–Kier alpha value is -1.34. The van der Waals surface area contributed by atoms with E-state index < -0.39 is 17.5 Å². The highest BCUT2D eigenvalue weighted by Gasteiger charge is 2.45. The Bertz CT molecular complexity index is 330. The number of carboxylic acids is 1. The predicted molar refractivity (Wildman–Crippen MR) is 67.7 cm³/mol. The Kier molecular flexibility index (Phi) is 5.56. The van der Waals surface area contributed by atoms with Gasteiger partial charge in [0, 0.05) is 19.6 Å². The number of likely N-dealkylation sites (tertiary alicyclic amines) is 1. The average Bonchev–Trinajstić information content (AvgIpc) is 2.38. The third-order valence-corrected chi connectivity index (χ3v) is 3.59. The molecule has 7 heteroatoms. The fourth-order valence-corrected chi connectivity index (χ4v) is 2.37. The van der Waals surface area contributed by atoms with E-state index in [0.717, 1.165) is 12.8 Å². The minimum absolute atomic E-state index is 0.0889. The zero-order valence-corrected chi connectivity index (χ0v) is 11.2. The van der Waals surface area contributed by atoms with E-state index in [-0.39, 0.29) is 26.3 Å². The molecule has 0 aromatic carbocycles. The number of carbonyl (C=O) groups excluding carboxylic acids is 1. The maximum absolute atomic E-state index is 12.4. The van der Waals surface area contributed by atoms with E-state index >= 15 is 0 Å². The predicted octanol–water partition coefficient (Wildman–Crippen LogP) is -0.278. The molecule has 19 heavy (non-hydrogen) atoms. The SMILES string of the molecule is CC1(C(=O)O)CCCCN1C(=O)N(CCO)CCO. The highest BCUT2D eigenvalue weighted by Crippen LogP contribution is 2.29. The molecule has 1 fully saturated rings. The molecule has 1 unspecified atom stereocenters. The first kappa shape index (κ1) is 15.7. The number of carboxylic acid groups (broad SMARTS) is 1. The molecule has 110 valence electrons. The molecule has 1 saturated heterocycles. The van der Waals surface area contributed by atoms with Gasteiger partial charge in [-0.25, -0.2) is 9.59 Å². The van der Waals surface area contributed by atoms with E-state index in [9.17, 15) is 14.7 Å². The van der Waals surface area contributed by atoms with Crippen LogP contribution in [0.3, 0.4) is 0 Å². The normalized spacial score (nSPS) is 23.2. The maximum atomic E-state index is 12.4. The van der Waals surface area contributed by atoms with Gasteiger partial charge < -0.3 is 25.1 Å².